The lowest BCUT2D eigenvalue weighted by atomic mass is 10.0. The van der Waals surface area contributed by atoms with Crippen LogP contribution in [-0.2, 0) is 22.4 Å². The van der Waals surface area contributed by atoms with Crippen LogP contribution in [0.4, 0.5) is 5.13 Å². The van der Waals surface area contributed by atoms with Gasteiger partial charge in [0, 0.05) is 23.9 Å². The van der Waals surface area contributed by atoms with E-state index >= 15 is 0 Å². The molecule has 4 rings (SSSR count). The molecule has 1 aromatic rings. The van der Waals surface area contributed by atoms with Crippen LogP contribution in [0.5, 0.6) is 0 Å². The predicted octanol–water partition coefficient (Wildman–Crippen LogP) is 2.75. The van der Waals surface area contributed by atoms with Gasteiger partial charge >= 0.3 is 0 Å². The van der Waals surface area contributed by atoms with E-state index in [0.717, 1.165) is 31.4 Å². The van der Waals surface area contributed by atoms with Crippen molar-refractivity contribution in [2.24, 2.45) is 5.92 Å². The number of likely N-dealkylation sites (tertiary alicyclic amines) is 1. The van der Waals surface area contributed by atoms with Crippen LogP contribution in [0, 0.1) is 5.92 Å². The van der Waals surface area contributed by atoms with Gasteiger partial charge in [-0.3, -0.25) is 9.59 Å². The van der Waals surface area contributed by atoms with Gasteiger partial charge in [0.2, 0.25) is 11.8 Å². The number of aromatic nitrogens is 1. The SMILES string of the molecule is O=C(Nc1nc2c(s1)CCCC2)[C@@H]1CC(=O)N(C2CCCC2)C1. The molecule has 0 bridgehead atoms. The summed E-state index contributed by atoms with van der Waals surface area (Å²) in [6, 6.07) is 0.368. The van der Waals surface area contributed by atoms with Crippen LogP contribution >= 0.6 is 11.3 Å². The molecule has 1 aliphatic heterocycles. The normalized spacial score (nSPS) is 25.0. The first kappa shape index (κ1) is 15.1. The number of aryl methyl sites for hydroxylation is 2. The average molecular weight is 333 g/mol. The summed E-state index contributed by atoms with van der Waals surface area (Å²) in [7, 11) is 0. The van der Waals surface area contributed by atoms with Crippen molar-refractivity contribution in [1.82, 2.24) is 9.88 Å². The number of nitrogens with one attached hydrogen (secondary N) is 1. The van der Waals surface area contributed by atoms with E-state index in [4.69, 9.17) is 0 Å². The number of carbonyl (C=O) groups is 2. The van der Waals surface area contributed by atoms with Gasteiger partial charge in [-0.25, -0.2) is 4.98 Å². The van der Waals surface area contributed by atoms with Crippen molar-refractivity contribution in [2.75, 3.05) is 11.9 Å². The third kappa shape index (κ3) is 3.01. The minimum absolute atomic E-state index is 0.0371. The molecule has 124 valence electrons. The van der Waals surface area contributed by atoms with Crippen molar-refractivity contribution in [3.63, 3.8) is 0 Å². The van der Waals surface area contributed by atoms with Crippen LogP contribution in [0.15, 0.2) is 0 Å². The summed E-state index contributed by atoms with van der Waals surface area (Å²) in [4.78, 5) is 32.6. The Morgan fingerprint density at radius 2 is 1.96 bits per heavy atom. The van der Waals surface area contributed by atoms with Gasteiger partial charge in [-0.2, -0.15) is 0 Å². The van der Waals surface area contributed by atoms with E-state index in [2.05, 4.69) is 10.3 Å². The Morgan fingerprint density at radius 1 is 1.17 bits per heavy atom. The van der Waals surface area contributed by atoms with Crippen LogP contribution in [0.1, 0.15) is 55.5 Å². The quantitative estimate of drug-likeness (QED) is 0.925. The number of anilines is 1. The van der Waals surface area contributed by atoms with E-state index < -0.39 is 0 Å². The fourth-order valence-electron chi connectivity index (χ4n) is 4.09. The maximum Gasteiger partial charge on any atom is 0.231 e. The summed E-state index contributed by atoms with van der Waals surface area (Å²) >= 11 is 1.61. The summed E-state index contributed by atoms with van der Waals surface area (Å²) in [6.45, 7) is 0.584. The third-order valence-electron chi connectivity index (χ3n) is 5.37. The molecule has 23 heavy (non-hydrogen) atoms. The number of thiazole rings is 1. The molecule has 0 aromatic carbocycles. The van der Waals surface area contributed by atoms with Gasteiger partial charge < -0.3 is 10.2 Å². The van der Waals surface area contributed by atoms with Crippen molar-refractivity contribution < 1.29 is 9.59 Å². The summed E-state index contributed by atoms with van der Waals surface area (Å²) in [5.41, 5.74) is 1.16. The first-order valence-electron chi connectivity index (χ1n) is 8.79. The molecule has 1 saturated heterocycles. The van der Waals surface area contributed by atoms with Crippen molar-refractivity contribution >= 4 is 28.3 Å². The van der Waals surface area contributed by atoms with Crippen LogP contribution in [0.2, 0.25) is 0 Å². The molecule has 1 aromatic heterocycles. The lowest BCUT2D eigenvalue weighted by molar-refractivity contribution is -0.129. The van der Waals surface area contributed by atoms with Gasteiger partial charge in [0.15, 0.2) is 5.13 Å². The molecule has 5 nitrogen and oxygen atoms in total. The Hall–Kier alpha value is -1.43. The number of carbonyl (C=O) groups excluding carboxylic acids is 2. The largest absolute Gasteiger partial charge is 0.339 e. The van der Waals surface area contributed by atoms with Crippen LogP contribution in [-0.4, -0.2) is 34.3 Å². The smallest absolute Gasteiger partial charge is 0.231 e. The average Bonchev–Trinajstić information content (AvgIpc) is 3.24. The molecule has 2 heterocycles. The van der Waals surface area contributed by atoms with Crippen molar-refractivity contribution in [2.45, 2.75) is 63.8 Å². The monoisotopic (exact) mass is 333 g/mol. The fraction of sp³-hybridized carbons (Fsp3) is 0.706. The van der Waals surface area contributed by atoms with Crippen LogP contribution < -0.4 is 5.32 Å². The Balaban J connectivity index is 1.39. The molecule has 0 radical (unpaired) electrons. The van der Waals surface area contributed by atoms with E-state index in [0.29, 0.717) is 24.1 Å². The zero-order chi connectivity index (χ0) is 15.8. The highest BCUT2D eigenvalue weighted by Crippen LogP contribution is 2.32. The number of hydrogen-bond donors (Lipinski definition) is 1. The second-order valence-corrected chi connectivity index (χ2v) is 8.05. The molecule has 2 amide bonds. The maximum absolute atomic E-state index is 12.5. The van der Waals surface area contributed by atoms with E-state index in [1.54, 1.807) is 11.3 Å². The van der Waals surface area contributed by atoms with Crippen LogP contribution in [0.3, 0.4) is 0 Å². The Bertz CT molecular complexity index is 598. The third-order valence-corrected chi connectivity index (χ3v) is 6.44. The van der Waals surface area contributed by atoms with Crippen molar-refractivity contribution in [1.29, 1.82) is 0 Å². The molecule has 2 aliphatic carbocycles. The molecule has 1 atom stereocenters. The summed E-state index contributed by atoms with van der Waals surface area (Å²) < 4.78 is 0. The molecular formula is C17H23N3O2S. The molecule has 1 saturated carbocycles. The number of rotatable bonds is 3. The zero-order valence-corrected chi connectivity index (χ0v) is 14.2. The minimum atomic E-state index is -0.218. The Labute approximate surface area is 140 Å². The summed E-state index contributed by atoms with van der Waals surface area (Å²) in [5, 5.41) is 3.68. The number of amides is 2. The maximum atomic E-state index is 12.5. The first-order valence-corrected chi connectivity index (χ1v) is 9.61. The Morgan fingerprint density at radius 3 is 2.74 bits per heavy atom. The highest BCUT2D eigenvalue weighted by atomic mass is 32.1. The van der Waals surface area contributed by atoms with Gasteiger partial charge in [0.05, 0.1) is 11.6 Å². The standard InChI is InChI=1S/C17H23N3O2S/c21-15-9-11(10-20(15)12-5-1-2-6-12)16(22)19-17-18-13-7-3-4-8-14(13)23-17/h11-12H,1-10H2,(H,18,19,22)/t11-/m1/s1. The molecular weight excluding hydrogens is 310 g/mol. The van der Waals surface area contributed by atoms with Gasteiger partial charge in [0.25, 0.3) is 0 Å². The summed E-state index contributed by atoms with van der Waals surface area (Å²) in [5.74, 6) is -0.107. The van der Waals surface area contributed by atoms with Gasteiger partial charge in [-0.1, -0.05) is 12.8 Å². The topological polar surface area (TPSA) is 62.3 Å². The molecule has 0 unspecified atom stereocenters. The molecule has 6 heteroatoms. The molecule has 2 fully saturated rings. The first-order chi connectivity index (χ1) is 11.2. The zero-order valence-electron chi connectivity index (χ0n) is 13.3. The molecule has 0 spiro atoms. The number of nitrogens with zero attached hydrogens (tertiary/aromatic N) is 2. The van der Waals surface area contributed by atoms with E-state index in [-0.39, 0.29) is 17.7 Å². The molecule has 3 aliphatic rings. The lowest BCUT2D eigenvalue weighted by Crippen LogP contribution is -2.35. The highest BCUT2D eigenvalue weighted by Gasteiger charge is 2.38. The van der Waals surface area contributed by atoms with Crippen LogP contribution in [0.25, 0.3) is 0 Å². The second kappa shape index (κ2) is 6.23. The Kier molecular flexibility index (Phi) is 4.09. The second-order valence-electron chi connectivity index (χ2n) is 6.97. The van der Waals surface area contributed by atoms with E-state index in [1.165, 1.54) is 30.6 Å². The number of fused-ring (bicyclic) bond motifs is 1. The predicted molar refractivity (Wildman–Crippen MR) is 89.5 cm³/mol. The number of hydrogen-bond acceptors (Lipinski definition) is 4. The summed E-state index contributed by atoms with van der Waals surface area (Å²) in [6.07, 6.45) is 9.48. The van der Waals surface area contributed by atoms with Crippen molar-refractivity contribution in [3.05, 3.63) is 10.6 Å². The highest BCUT2D eigenvalue weighted by molar-refractivity contribution is 7.15. The van der Waals surface area contributed by atoms with Gasteiger partial charge in [-0.05, 0) is 38.5 Å². The van der Waals surface area contributed by atoms with Gasteiger partial charge in [0.1, 0.15) is 0 Å². The van der Waals surface area contributed by atoms with Crippen molar-refractivity contribution in [3.8, 4) is 0 Å². The fourth-order valence-corrected chi connectivity index (χ4v) is 5.14. The lowest BCUT2D eigenvalue weighted by Gasteiger charge is -2.23. The molecule has 1 N–H and O–H groups in total. The van der Waals surface area contributed by atoms with Gasteiger partial charge in [-0.15, -0.1) is 11.3 Å². The van der Waals surface area contributed by atoms with E-state index in [9.17, 15) is 9.59 Å². The van der Waals surface area contributed by atoms with E-state index in [1.807, 2.05) is 4.90 Å². The minimum Gasteiger partial charge on any atom is -0.339 e.